The zero-order chi connectivity index (χ0) is 18.8. The normalized spacial score (nSPS) is 15.4. The summed E-state index contributed by atoms with van der Waals surface area (Å²) < 4.78 is 13.3. The number of hydrogen-bond acceptors (Lipinski definition) is 4. The van der Waals surface area contributed by atoms with Crippen LogP contribution < -0.4 is 15.0 Å². The van der Waals surface area contributed by atoms with Crippen LogP contribution in [0.15, 0.2) is 65.6 Å². The van der Waals surface area contributed by atoms with Crippen molar-refractivity contribution in [2.45, 2.75) is 32.4 Å². The Kier molecular flexibility index (Phi) is 4.67. The first-order chi connectivity index (χ1) is 13.1. The maximum absolute atomic E-state index is 11.3. The van der Waals surface area contributed by atoms with Crippen molar-refractivity contribution in [3.8, 4) is 22.9 Å². The third kappa shape index (κ3) is 3.87. The SMILES string of the molecule is CC(C)c1cccc(-c2ccc(OCC3Cn4ccc(=O)nc4O3)cc2)c1. The second-order valence-electron chi connectivity index (χ2n) is 7.06. The van der Waals surface area contributed by atoms with Gasteiger partial charge < -0.3 is 9.47 Å². The third-order valence-corrected chi connectivity index (χ3v) is 4.70. The Morgan fingerprint density at radius 1 is 1.15 bits per heavy atom. The molecule has 1 unspecified atom stereocenters. The van der Waals surface area contributed by atoms with E-state index < -0.39 is 0 Å². The average Bonchev–Trinajstić information content (AvgIpc) is 3.09. The quantitative estimate of drug-likeness (QED) is 0.691. The first-order valence-electron chi connectivity index (χ1n) is 9.16. The van der Waals surface area contributed by atoms with E-state index in [1.807, 2.05) is 16.7 Å². The van der Waals surface area contributed by atoms with Gasteiger partial charge in [-0.1, -0.05) is 50.2 Å². The van der Waals surface area contributed by atoms with Crippen LogP contribution in [-0.2, 0) is 6.54 Å². The van der Waals surface area contributed by atoms with Crippen LogP contribution in [0.2, 0.25) is 0 Å². The number of rotatable bonds is 5. The minimum Gasteiger partial charge on any atom is -0.490 e. The van der Waals surface area contributed by atoms with E-state index in [0.29, 0.717) is 25.1 Å². The van der Waals surface area contributed by atoms with Crippen LogP contribution in [0.3, 0.4) is 0 Å². The molecule has 0 aliphatic carbocycles. The second-order valence-corrected chi connectivity index (χ2v) is 7.06. The molecule has 0 N–H and O–H groups in total. The Morgan fingerprint density at radius 3 is 2.74 bits per heavy atom. The lowest BCUT2D eigenvalue weighted by molar-refractivity contribution is 0.143. The van der Waals surface area contributed by atoms with Crippen molar-refractivity contribution in [3.05, 3.63) is 76.7 Å². The molecule has 1 atom stereocenters. The Balaban J connectivity index is 1.39. The lowest BCUT2D eigenvalue weighted by atomic mass is 9.97. The fraction of sp³-hybridized carbons (Fsp3) is 0.273. The smallest absolute Gasteiger partial charge is 0.300 e. The lowest BCUT2D eigenvalue weighted by Gasteiger charge is -2.12. The number of fused-ring (bicyclic) bond motifs is 1. The summed E-state index contributed by atoms with van der Waals surface area (Å²) >= 11 is 0. The highest BCUT2D eigenvalue weighted by atomic mass is 16.6. The van der Waals surface area contributed by atoms with E-state index in [-0.39, 0.29) is 11.7 Å². The zero-order valence-electron chi connectivity index (χ0n) is 15.5. The molecular formula is C22H22N2O3. The first-order valence-corrected chi connectivity index (χ1v) is 9.16. The monoisotopic (exact) mass is 362 g/mol. The molecule has 0 saturated carbocycles. The van der Waals surface area contributed by atoms with Crippen LogP contribution in [0.4, 0.5) is 0 Å². The molecule has 0 bridgehead atoms. The van der Waals surface area contributed by atoms with Crippen LogP contribution in [0.1, 0.15) is 25.3 Å². The molecule has 4 rings (SSSR count). The molecule has 1 aliphatic heterocycles. The highest BCUT2D eigenvalue weighted by Gasteiger charge is 2.23. The van der Waals surface area contributed by atoms with Gasteiger partial charge in [0.1, 0.15) is 12.4 Å². The molecule has 1 aromatic heterocycles. The summed E-state index contributed by atoms with van der Waals surface area (Å²) in [7, 11) is 0. The van der Waals surface area contributed by atoms with Crippen molar-refractivity contribution in [2.24, 2.45) is 0 Å². The highest BCUT2D eigenvalue weighted by molar-refractivity contribution is 5.65. The number of benzene rings is 2. The number of hydrogen-bond donors (Lipinski definition) is 0. The Hall–Kier alpha value is -3.08. The van der Waals surface area contributed by atoms with Gasteiger partial charge in [-0.2, -0.15) is 4.98 Å². The Labute approximate surface area is 158 Å². The van der Waals surface area contributed by atoms with Crippen molar-refractivity contribution in [1.29, 1.82) is 0 Å². The van der Waals surface area contributed by atoms with E-state index >= 15 is 0 Å². The van der Waals surface area contributed by atoms with Gasteiger partial charge in [-0.3, -0.25) is 9.36 Å². The number of nitrogens with zero attached hydrogens (tertiary/aromatic N) is 2. The summed E-state index contributed by atoms with van der Waals surface area (Å²) in [5, 5.41) is 0. The third-order valence-electron chi connectivity index (χ3n) is 4.70. The molecule has 2 heterocycles. The topological polar surface area (TPSA) is 53.4 Å². The predicted molar refractivity (Wildman–Crippen MR) is 104 cm³/mol. The predicted octanol–water partition coefficient (Wildman–Crippen LogP) is 3.87. The van der Waals surface area contributed by atoms with E-state index in [1.165, 1.54) is 17.2 Å². The Morgan fingerprint density at radius 2 is 1.96 bits per heavy atom. The van der Waals surface area contributed by atoms with Crippen LogP contribution in [0.5, 0.6) is 11.8 Å². The van der Waals surface area contributed by atoms with Crippen molar-refractivity contribution >= 4 is 0 Å². The zero-order valence-corrected chi connectivity index (χ0v) is 15.5. The maximum atomic E-state index is 11.3. The van der Waals surface area contributed by atoms with Crippen LogP contribution in [-0.4, -0.2) is 22.3 Å². The van der Waals surface area contributed by atoms with Gasteiger partial charge in [0.2, 0.25) is 0 Å². The van der Waals surface area contributed by atoms with E-state index in [1.54, 1.807) is 6.20 Å². The maximum Gasteiger partial charge on any atom is 0.300 e. The van der Waals surface area contributed by atoms with Crippen molar-refractivity contribution in [3.63, 3.8) is 0 Å². The Bertz CT molecular complexity index is 993. The standard InChI is InChI=1S/C22H22N2O3/c1-15(2)17-4-3-5-18(12-17)16-6-8-19(9-7-16)26-14-20-13-24-11-10-21(25)23-22(24)27-20/h3-12,15,20H,13-14H2,1-2H3. The summed E-state index contributed by atoms with van der Waals surface area (Å²) in [4.78, 5) is 15.1. The molecule has 1 aliphatic rings. The summed E-state index contributed by atoms with van der Waals surface area (Å²) in [6, 6.07) is 18.5. The van der Waals surface area contributed by atoms with Gasteiger partial charge in [-0.05, 0) is 34.7 Å². The van der Waals surface area contributed by atoms with Gasteiger partial charge in [0.05, 0.1) is 6.54 Å². The minimum absolute atomic E-state index is 0.151. The lowest BCUT2D eigenvalue weighted by Crippen LogP contribution is -2.23. The number of aromatic nitrogens is 2. The van der Waals surface area contributed by atoms with Gasteiger partial charge in [-0.25, -0.2) is 0 Å². The van der Waals surface area contributed by atoms with E-state index in [4.69, 9.17) is 9.47 Å². The molecule has 27 heavy (non-hydrogen) atoms. The van der Waals surface area contributed by atoms with Gasteiger partial charge in [-0.15, -0.1) is 0 Å². The molecule has 0 radical (unpaired) electrons. The number of ether oxygens (including phenoxy) is 2. The molecule has 0 spiro atoms. The minimum atomic E-state index is -0.292. The molecule has 3 aromatic rings. The molecule has 138 valence electrons. The van der Waals surface area contributed by atoms with Crippen LogP contribution in [0.25, 0.3) is 11.1 Å². The van der Waals surface area contributed by atoms with E-state index in [0.717, 1.165) is 11.3 Å². The van der Waals surface area contributed by atoms with E-state index in [9.17, 15) is 4.79 Å². The highest BCUT2D eigenvalue weighted by Crippen LogP contribution is 2.26. The summed E-state index contributed by atoms with van der Waals surface area (Å²) in [5.41, 5.74) is 3.41. The van der Waals surface area contributed by atoms with Gasteiger partial charge in [0.15, 0.2) is 6.10 Å². The van der Waals surface area contributed by atoms with Gasteiger partial charge >= 0.3 is 0 Å². The van der Waals surface area contributed by atoms with Crippen LogP contribution in [0, 0.1) is 0 Å². The molecule has 2 aromatic carbocycles. The van der Waals surface area contributed by atoms with Crippen LogP contribution >= 0.6 is 0 Å². The first kappa shape index (κ1) is 17.3. The molecule has 5 nitrogen and oxygen atoms in total. The molecule has 0 amide bonds. The molecule has 5 heteroatoms. The second kappa shape index (κ2) is 7.27. The fourth-order valence-electron chi connectivity index (χ4n) is 3.15. The van der Waals surface area contributed by atoms with Crippen molar-refractivity contribution in [1.82, 2.24) is 9.55 Å². The molecule has 0 saturated heterocycles. The average molecular weight is 362 g/mol. The van der Waals surface area contributed by atoms with Crippen molar-refractivity contribution < 1.29 is 9.47 Å². The van der Waals surface area contributed by atoms with E-state index in [2.05, 4.69) is 55.2 Å². The fourth-order valence-corrected chi connectivity index (χ4v) is 3.15. The largest absolute Gasteiger partial charge is 0.490 e. The summed E-state index contributed by atoms with van der Waals surface area (Å²) in [5.74, 6) is 1.30. The van der Waals surface area contributed by atoms with Gasteiger partial charge in [0.25, 0.3) is 11.6 Å². The summed E-state index contributed by atoms with van der Waals surface area (Å²) in [6.45, 7) is 5.43. The molecular weight excluding hydrogens is 340 g/mol. The van der Waals surface area contributed by atoms with Crippen molar-refractivity contribution in [2.75, 3.05) is 6.61 Å². The molecule has 0 fully saturated rings. The van der Waals surface area contributed by atoms with Gasteiger partial charge in [0, 0.05) is 12.3 Å². The summed E-state index contributed by atoms with van der Waals surface area (Å²) in [6.07, 6.45) is 1.55.